The average molecular weight is 948 g/mol. The lowest BCUT2D eigenvalue weighted by molar-refractivity contribution is -0.171. The van der Waals surface area contributed by atoms with Crippen molar-refractivity contribution in [1.29, 1.82) is 0 Å². The predicted octanol–water partition coefficient (Wildman–Crippen LogP) is 19.9. The zero-order valence-electron chi connectivity index (χ0n) is 44.7. The minimum atomic E-state index is -0.499. The van der Waals surface area contributed by atoms with Crippen molar-refractivity contribution in [1.82, 2.24) is 9.97 Å². The third-order valence-electron chi connectivity index (χ3n) is 15.9. The van der Waals surface area contributed by atoms with Gasteiger partial charge in [0.15, 0.2) is 5.79 Å². The number of rotatable bonds is 2. The molecule has 2 heterocycles. The number of aromatic amines is 1. The number of hydrogen-bond acceptors (Lipinski definition) is 5. The molecule has 2 fully saturated rings. The fourth-order valence-electron chi connectivity index (χ4n) is 11.5. The summed E-state index contributed by atoms with van der Waals surface area (Å²) in [7, 11) is 0. The van der Waals surface area contributed by atoms with Crippen LogP contribution in [0.3, 0.4) is 0 Å². The van der Waals surface area contributed by atoms with Crippen LogP contribution in [0.2, 0.25) is 0 Å². The molecule has 392 valence electrons. The lowest BCUT2D eigenvalue weighted by atomic mass is 9.97. The molecule has 1 N–H and O–H groups in total. The highest BCUT2D eigenvalue weighted by Crippen LogP contribution is 2.34. The SMILES string of the molecule is O=c1[nH]cnc2cccc(OC3CCCCCCCCCCCCCCCCCCCCCCCCCCCCCCCCCCCCCCCCCCCCCCCCC4(CC3)OCCO4)c12. The molecular formula is C62H110N2O4. The molecule has 0 amide bonds. The second kappa shape index (κ2) is 41.7. The van der Waals surface area contributed by atoms with E-state index in [1.165, 1.54) is 289 Å². The van der Waals surface area contributed by atoms with Crippen molar-refractivity contribution in [2.75, 3.05) is 13.2 Å². The van der Waals surface area contributed by atoms with Gasteiger partial charge in [0.2, 0.25) is 0 Å². The maximum Gasteiger partial charge on any atom is 0.262 e. The number of nitrogens with one attached hydrogen (secondary N) is 1. The van der Waals surface area contributed by atoms with Gasteiger partial charge in [0.1, 0.15) is 11.1 Å². The van der Waals surface area contributed by atoms with Gasteiger partial charge in [0, 0.05) is 12.8 Å². The summed E-state index contributed by atoms with van der Waals surface area (Å²) in [5, 5.41) is 0.549. The van der Waals surface area contributed by atoms with Crippen LogP contribution >= 0.6 is 0 Å². The van der Waals surface area contributed by atoms with Gasteiger partial charge in [-0.15, -0.1) is 0 Å². The smallest absolute Gasteiger partial charge is 0.262 e. The quantitative estimate of drug-likeness (QED) is 0.325. The van der Waals surface area contributed by atoms with Crippen molar-refractivity contribution in [2.45, 2.75) is 333 Å². The minimum absolute atomic E-state index is 0.000964. The Hall–Kier alpha value is -1.92. The Kier molecular flexibility index (Phi) is 35.9. The van der Waals surface area contributed by atoms with Gasteiger partial charge in [-0.3, -0.25) is 4.79 Å². The van der Waals surface area contributed by atoms with E-state index < -0.39 is 5.79 Å². The predicted molar refractivity (Wildman–Crippen MR) is 292 cm³/mol. The van der Waals surface area contributed by atoms with Crippen LogP contribution in [0.1, 0.15) is 321 Å². The van der Waals surface area contributed by atoms with Gasteiger partial charge in [0.25, 0.3) is 5.56 Å². The Bertz CT molecular complexity index is 1460. The average Bonchev–Trinajstić information content (AvgIpc) is 3.82. The Morgan fingerprint density at radius 2 is 0.735 bits per heavy atom. The highest BCUT2D eigenvalue weighted by Gasteiger charge is 2.36. The molecule has 1 aliphatic carbocycles. The third-order valence-corrected chi connectivity index (χ3v) is 15.9. The molecule has 6 heteroatoms. The summed E-state index contributed by atoms with van der Waals surface area (Å²) in [4.78, 5) is 20.1. The number of ether oxygens (including phenoxy) is 3. The second-order valence-corrected chi connectivity index (χ2v) is 22.1. The van der Waals surface area contributed by atoms with E-state index in [1.54, 1.807) is 0 Å². The molecule has 6 nitrogen and oxygen atoms in total. The molecule has 1 saturated heterocycles. The molecule has 0 bridgehead atoms. The number of fused-ring (bicyclic) bond motifs is 1. The van der Waals surface area contributed by atoms with Gasteiger partial charge >= 0.3 is 0 Å². The number of benzene rings is 1. The van der Waals surface area contributed by atoms with Crippen LogP contribution in [-0.2, 0) is 9.47 Å². The largest absolute Gasteiger partial charge is 0.490 e. The van der Waals surface area contributed by atoms with E-state index in [-0.39, 0.29) is 11.7 Å². The molecule has 1 unspecified atom stereocenters. The van der Waals surface area contributed by atoms with E-state index in [4.69, 9.17) is 14.2 Å². The Balaban J connectivity index is 1.12. The van der Waals surface area contributed by atoms with Crippen LogP contribution in [0, 0.1) is 0 Å². The Morgan fingerprint density at radius 3 is 1.09 bits per heavy atom. The van der Waals surface area contributed by atoms with Crippen molar-refractivity contribution in [3.05, 3.63) is 34.9 Å². The number of aromatic nitrogens is 2. The molecule has 1 aromatic heterocycles. The highest BCUT2D eigenvalue weighted by atomic mass is 16.7. The Labute approximate surface area is 420 Å². The van der Waals surface area contributed by atoms with E-state index in [2.05, 4.69) is 9.97 Å². The van der Waals surface area contributed by atoms with Crippen LogP contribution < -0.4 is 10.3 Å². The standard InChI is InChI=1S/C62H110N2O4/c65-61-60-58(63-56-64-61)49-47-50-59(60)68-57-48-45-43-41-39-37-35-33-31-29-27-25-23-21-19-17-15-13-11-9-7-5-3-1-2-4-6-8-10-12-14-16-18-20-22-24-26-28-30-32-34-36-38-40-42-44-46-52-62(53-51-57)66-54-55-67-62/h47,49-50,56-57H,1-46,48,51-55H2,(H,63,64,65). The summed E-state index contributed by atoms with van der Waals surface area (Å²) in [6.45, 7) is 1.35. The first-order valence-electron chi connectivity index (χ1n) is 30.7. The number of H-pyrrole nitrogens is 1. The molecule has 1 spiro atoms. The highest BCUT2D eigenvalue weighted by molar-refractivity contribution is 5.83. The summed E-state index contributed by atoms with van der Waals surface area (Å²) >= 11 is 0. The van der Waals surface area contributed by atoms with Gasteiger partial charge in [-0.05, 0) is 37.8 Å². The van der Waals surface area contributed by atoms with Crippen molar-refractivity contribution in [2.24, 2.45) is 0 Å². The van der Waals surface area contributed by atoms with Crippen LogP contribution in [0.15, 0.2) is 29.3 Å². The van der Waals surface area contributed by atoms with E-state index in [9.17, 15) is 4.79 Å². The summed E-state index contributed by atoms with van der Waals surface area (Å²) in [6.07, 6.45) is 70.3. The lowest BCUT2D eigenvalue weighted by Crippen LogP contribution is -2.32. The molecular weight excluding hydrogens is 837 g/mol. The van der Waals surface area contributed by atoms with Crippen molar-refractivity contribution < 1.29 is 14.2 Å². The first-order valence-corrected chi connectivity index (χ1v) is 30.7. The molecule has 2 aromatic rings. The van der Waals surface area contributed by atoms with Crippen molar-refractivity contribution >= 4 is 10.9 Å². The molecule has 1 aliphatic heterocycles. The first kappa shape index (κ1) is 58.6. The van der Waals surface area contributed by atoms with Gasteiger partial charge in [-0.25, -0.2) is 4.98 Å². The van der Waals surface area contributed by atoms with Crippen molar-refractivity contribution in [3.63, 3.8) is 0 Å². The zero-order valence-corrected chi connectivity index (χ0v) is 44.7. The van der Waals surface area contributed by atoms with Gasteiger partial charge in [-0.2, -0.15) is 0 Å². The molecule has 1 atom stereocenters. The summed E-state index contributed by atoms with van der Waals surface area (Å²) in [5.74, 6) is 0.144. The van der Waals surface area contributed by atoms with E-state index in [1.807, 2.05) is 18.2 Å². The van der Waals surface area contributed by atoms with Crippen molar-refractivity contribution in [3.8, 4) is 5.75 Å². The molecule has 1 aromatic carbocycles. The molecule has 2 aliphatic rings. The van der Waals surface area contributed by atoms with E-state index in [0.29, 0.717) is 29.9 Å². The molecule has 1 saturated carbocycles. The number of hydrogen-bond donors (Lipinski definition) is 1. The van der Waals surface area contributed by atoms with E-state index in [0.717, 1.165) is 38.5 Å². The normalized spacial score (nSPS) is 24.0. The maximum atomic E-state index is 12.9. The van der Waals surface area contributed by atoms with E-state index >= 15 is 0 Å². The van der Waals surface area contributed by atoms with Gasteiger partial charge in [-0.1, -0.05) is 289 Å². The monoisotopic (exact) mass is 947 g/mol. The fourth-order valence-corrected chi connectivity index (χ4v) is 11.5. The number of nitrogens with zero attached hydrogens (tertiary/aromatic N) is 1. The molecule has 4 rings (SSSR count). The maximum absolute atomic E-state index is 12.9. The molecule has 68 heavy (non-hydrogen) atoms. The zero-order chi connectivity index (χ0) is 47.5. The van der Waals surface area contributed by atoms with Crippen LogP contribution in [-0.4, -0.2) is 35.1 Å². The second-order valence-electron chi connectivity index (χ2n) is 22.1. The topological polar surface area (TPSA) is 73.4 Å². The van der Waals surface area contributed by atoms with Crippen LogP contribution in [0.4, 0.5) is 0 Å². The van der Waals surface area contributed by atoms with Crippen LogP contribution in [0.5, 0.6) is 5.75 Å². The molecule has 0 radical (unpaired) electrons. The lowest BCUT2D eigenvalue weighted by Gasteiger charge is -2.30. The fraction of sp³-hybridized carbons (Fsp3) is 0.871. The first-order chi connectivity index (χ1) is 33.8. The summed E-state index contributed by atoms with van der Waals surface area (Å²) in [5.41, 5.74) is 0.540. The minimum Gasteiger partial charge on any atom is -0.490 e. The van der Waals surface area contributed by atoms with Crippen LogP contribution in [0.25, 0.3) is 10.9 Å². The van der Waals surface area contributed by atoms with Gasteiger partial charge < -0.3 is 19.2 Å². The van der Waals surface area contributed by atoms with Gasteiger partial charge in [0.05, 0.1) is 31.2 Å². The summed E-state index contributed by atoms with van der Waals surface area (Å²) < 4.78 is 19.5. The third kappa shape index (κ3) is 29.4. The summed E-state index contributed by atoms with van der Waals surface area (Å²) in [6, 6.07) is 5.78. The Morgan fingerprint density at radius 1 is 0.412 bits per heavy atom.